The van der Waals surface area contributed by atoms with Crippen LogP contribution in [0.25, 0.3) is 0 Å². The largest absolute Gasteiger partial charge is 0.379 e. The van der Waals surface area contributed by atoms with Crippen LogP contribution in [0.1, 0.15) is 38.8 Å². The van der Waals surface area contributed by atoms with Gasteiger partial charge in [0.1, 0.15) is 0 Å². The van der Waals surface area contributed by atoms with Crippen LogP contribution in [0.2, 0.25) is 0 Å². The van der Waals surface area contributed by atoms with Crippen LogP contribution >= 0.6 is 24.0 Å². The Morgan fingerprint density at radius 1 is 1.23 bits per heavy atom. The first kappa shape index (κ1) is 25.1. The topological polar surface area (TPSA) is 48.9 Å². The van der Waals surface area contributed by atoms with Gasteiger partial charge in [0.25, 0.3) is 0 Å². The summed E-state index contributed by atoms with van der Waals surface area (Å²) in [6.07, 6.45) is 0.124. The molecule has 0 saturated carbocycles. The second-order valence-corrected chi connectivity index (χ2v) is 7.55. The van der Waals surface area contributed by atoms with Crippen molar-refractivity contribution >= 4 is 29.9 Å². The molecule has 0 aromatic heterocycles. The van der Waals surface area contributed by atoms with Crippen LogP contribution in [-0.2, 0) is 17.8 Å². The average Bonchev–Trinajstić information content (AvgIpc) is 2.57. The minimum atomic E-state index is 0. The van der Waals surface area contributed by atoms with Gasteiger partial charge in [0.05, 0.1) is 6.10 Å². The summed E-state index contributed by atoms with van der Waals surface area (Å²) in [5, 5.41) is 6.74. The van der Waals surface area contributed by atoms with Crippen LogP contribution in [0, 0.1) is 5.41 Å². The molecular weight excluding hydrogens is 439 g/mol. The van der Waals surface area contributed by atoms with Gasteiger partial charge in [-0.05, 0) is 30.1 Å². The number of benzene rings is 1. The molecule has 0 aliphatic rings. The van der Waals surface area contributed by atoms with Crippen molar-refractivity contribution in [2.24, 2.45) is 10.4 Å². The zero-order valence-electron chi connectivity index (χ0n) is 17.4. The van der Waals surface area contributed by atoms with E-state index in [1.54, 1.807) is 14.2 Å². The van der Waals surface area contributed by atoms with E-state index in [1.165, 1.54) is 11.1 Å². The summed E-state index contributed by atoms with van der Waals surface area (Å²) in [6, 6.07) is 8.68. The fourth-order valence-electron chi connectivity index (χ4n) is 2.60. The molecule has 2 N–H and O–H groups in total. The summed E-state index contributed by atoms with van der Waals surface area (Å²) < 4.78 is 5.59. The van der Waals surface area contributed by atoms with Crippen LogP contribution in [0.3, 0.4) is 0 Å². The highest BCUT2D eigenvalue weighted by Gasteiger charge is 2.24. The summed E-state index contributed by atoms with van der Waals surface area (Å²) in [5.41, 5.74) is 2.67. The molecule has 0 bridgehead atoms. The molecule has 0 fully saturated rings. The van der Waals surface area contributed by atoms with Gasteiger partial charge in [0.15, 0.2) is 5.96 Å². The lowest BCUT2D eigenvalue weighted by Gasteiger charge is -2.30. The predicted molar refractivity (Wildman–Crippen MR) is 122 cm³/mol. The molecular formula is C20H37IN4O. The van der Waals surface area contributed by atoms with E-state index in [1.807, 2.05) is 0 Å². The molecule has 1 unspecified atom stereocenters. The Kier molecular flexibility index (Phi) is 12.1. The maximum atomic E-state index is 5.59. The minimum Gasteiger partial charge on any atom is -0.379 e. The lowest BCUT2D eigenvalue weighted by molar-refractivity contribution is 0.0205. The number of rotatable bonds is 8. The van der Waals surface area contributed by atoms with Gasteiger partial charge in [-0.1, -0.05) is 52.0 Å². The highest BCUT2D eigenvalue weighted by atomic mass is 127. The van der Waals surface area contributed by atoms with Crippen LogP contribution in [0.5, 0.6) is 0 Å². The smallest absolute Gasteiger partial charge is 0.191 e. The van der Waals surface area contributed by atoms with Gasteiger partial charge in [0.2, 0.25) is 0 Å². The molecule has 0 spiro atoms. The van der Waals surface area contributed by atoms with Gasteiger partial charge in [-0.25, -0.2) is 0 Å². The summed E-state index contributed by atoms with van der Waals surface area (Å²) in [5.74, 6) is 0.794. The van der Waals surface area contributed by atoms with Gasteiger partial charge in [-0.15, -0.1) is 24.0 Å². The first-order valence-corrected chi connectivity index (χ1v) is 9.03. The Morgan fingerprint density at radius 2 is 1.88 bits per heavy atom. The lowest BCUT2D eigenvalue weighted by Crippen LogP contribution is -2.45. The second-order valence-electron chi connectivity index (χ2n) is 7.55. The second kappa shape index (κ2) is 12.5. The van der Waals surface area contributed by atoms with Crippen LogP contribution in [-0.4, -0.2) is 51.3 Å². The first-order chi connectivity index (χ1) is 11.8. The Hall–Kier alpha value is -0.860. The molecule has 0 aliphatic carbocycles. The molecule has 6 heteroatoms. The first-order valence-electron chi connectivity index (χ1n) is 9.03. The molecule has 0 radical (unpaired) electrons. The Balaban J connectivity index is 0.00000625. The highest BCUT2D eigenvalue weighted by Crippen LogP contribution is 2.20. The third-order valence-corrected chi connectivity index (χ3v) is 4.37. The van der Waals surface area contributed by atoms with Crippen molar-refractivity contribution in [1.29, 1.82) is 0 Å². The zero-order chi connectivity index (χ0) is 18.9. The van der Waals surface area contributed by atoms with Gasteiger partial charge < -0.3 is 20.3 Å². The third kappa shape index (κ3) is 9.19. The van der Waals surface area contributed by atoms with Crippen molar-refractivity contribution in [3.05, 3.63) is 35.4 Å². The monoisotopic (exact) mass is 476 g/mol. The fraction of sp³-hybridized carbons (Fsp3) is 0.650. The van der Waals surface area contributed by atoms with Crippen molar-refractivity contribution in [3.8, 4) is 0 Å². The Bertz CT molecular complexity index is 543. The van der Waals surface area contributed by atoms with Crippen molar-refractivity contribution in [1.82, 2.24) is 15.5 Å². The molecule has 0 amide bonds. The number of guanidine groups is 1. The summed E-state index contributed by atoms with van der Waals surface area (Å²) in [4.78, 5) is 6.60. The molecule has 5 nitrogen and oxygen atoms in total. The van der Waals surface area contributed by atoms with Crippen molar-refractivity contribution in [2.75, 3.05) is 34.3 Å². The van der Waals surface area contributed by atoms with Gasteiger partial charge >= 0.3 is 0 Å². The number of hydrogen-bond acceptors (Lipinski definition) is 3. The highest BCUT2D eigenvalue weighted by molar-refractivity contribution is 14.0. The molecule has 1 atom stereocenters. The average molecular weight is 476 g/mol. The Labute approximate surface area is 177 Å². The standard InChI is InChI=1S/C20H36N4O.HI/c1-8-24(6)15-17-11-9-10-16(12-17)13-22-19(21-5)23-14-18(25-7)20(2,3)4;/h9-12,18H,8,13-15H2,1-7H3,(H2,21,22,23);1H. The van der Waals surface area contributed by atoms with E-state index in [4.69, 9.17) is 4.74 Å². The number of methoxy groups -OCH3 is 1. The maximum Gasteiger partial charge on any atom is 0.191 e. The van der Waals surface area contributed by atoms with E-state index in [0.29, 0.717) is 0 Å². The van der Waals surface area contributed by atoms with E-state index in [0.717, 1.165) is 32.1 Å². The van der Waals surface area contributed by atoms with E-state index in [-0.39, 0.29) is 35.5 Å². The minimum absolute atomic E-state index is 0. The number of nitrogens with zero attached hydrogens (tertiary/aromatic N) is 2. The molecule has 1 aromatic carbocycles. The summed E-state index contributed by atoms with van der Waals surface area (Å²) in [7, 11) is 5.69. The number of ether oxygens (including phenoxy) is 1. The molecule has 1 rings (SSSR count). The van der Waals surface area contributed by atoms with E-state index in [9.17, 15) is 0 Å². The van der Waals surface area contributed by atoms with Crippen LogP contribution in [0.4, 0.5) is 0 Å². The van der Waals surface area contributed by atoms with Crippen molar-refractivity contribution in [2.45, 2.75) is 46.9 Å². The van der Waals surface area contributed by atoms with Gasteiger partial charge in [0, 0.05) is 33.8 Å². The maximum absolute atomic E-state index is 5.59. The molecule has 0 aliphatic heterocycles. The van der Waals surface area contributed by atoms with Crippen LogP contribution in [0.15, 0.2) is 29.3 Å². The Morgan fingerprint density at radius 3 is 2.42 bits per heavy atom. The van der Waals surface area contributed by atoms with E-state index in [2.05, 4.69) is 79.5 Å². The molecule has 0 saturated heterocycles. The van der Waals surface area contributed by atoms with Crippen molar-refractivity contribution in [3.63, 3.8) is 0 Å². The SMILES string of the molecule is CCN(C)Cc1cccc(CNC(=NC)NCC(OC)C(C)(C)C)c1.I. The van der Waals surface area contributed by atoms with Crippen molar-refractivity contribution < 1.29 is 4.74 Å². The van der Waals surface area contributed by atoms with E-state index < -0.39 is 0 Å². The molecule has 26 heavy (non-hydrogen) atoms. The number of aliphatic imine (C=N–C) groups is 1. The summed E-state index contributed by atoms with van der Waals surface area (Å²) >= 11 is 0. The number of nitrogens with one attached hydrogen (secondary N) is 2. The molecule has 1 aromatic rings. The molecule has 0 heterocycles. The van der Waals surface area contributed by atoms with E-state index >= 15 is 0 Å². The fourth-order valence-corrected chi connectivity index (χ4v) is 2.60. The molecule has 150 valence electrons. The number of hydrogen-bond donors (Lipinski definition) is 2. The predicted octanol–water partition coefficient (Wildman–Crippen LogP) is 3.48. The lowest BCUT2D eigenvalue weighted by atomic mass is 9.89. The van der Waals surface area contributed by atoms with Crippen LogP contribution < -0.4 is 10.6 Å². The summed E-state index contributed by atoms with van der Waals surface area (Å²) in [6.45, 7) is 12.2. The van der Waals surface area contributed by atoms with Gasteiger partial charge in [-0.3, -0.25) is 4.99 Å². The quantitative estimate of drug-likeness (QED) is 0.343. The normalized spacial score (nSPS) is 13.3. The van der Waals surface area contributed by atoms with Gasteiger partial charge in [-0.2, -0.15) is 0 Å². The third-order valence-electron chi connectivity index (χ3n) is 4.37. The zero-order valence-corrected chi connectivity index (χ0v) is 19.8. The number of halogens is 1.